The van der Waals surface area contributed by atoms with E-state index in [1.807, 2.05) is 24.3 Å². The van der Waals surface area contributed by atoms with E-state index in [9.17, 15) is 4.79 Å². The summed E-state index contributed by atoms with van der Waals surface area (Å²) in [4.78, 5) is 22.8. The van der Waals surface area contributed by atoms with E-state index in [-0.39, 0.29) is 5.91 Å². The summed E-state index contributed by atoms with van der Waals surface area (Å²) >= 11 is 0. The summed E-state index contributed by atoms with van der Waals surface area (Å²) in [5, 5.41) is 0. The Bertz CT molecular complexity index is 966. The number of benzene rings is 1. The Hall–Kier alpha value is -3.63. The fourth-order valence-corrected chi connectivity index (χ4v) is 3.22. The van der Waals surface area contributed by atoms with Crippen molar-refractivity contribution in [3.8, 4) is 0 Å². The fraction of sp³-hybridized carbons (Fsp3) is 0.286. The van der Waals surface area contributed by atoms with E-state index in [2.05, 4.69) is 15.4 Å². The summed E-state index contributed by atoms with van der Waals surface area (Å²) < 4.78 is 5.29. The molecule has 1 aromatic carbocycles. The van der Waals surface area contributed by atoms with Crippen LogP contribution in [0.2, 0.25) is 0 Å². The zero-order valence-corrected chi connectivity index (χ0v) is 17.3. The number of nitrogens with one attached hydrogen (secondary N) is 1. The van der Waals surface area contributed by atoms with Gasteiger partial charge in [-0.1, -0.05) is 12.1 Å². The van der Waals surface area contributed by atoms with Crippen molar-refractivity contribution in [2.24, 2.45) is 16.6 Å². The number of carbonyl (C=O) groups is 1. The average Bonchev–Trinajstić information content (AvgIpc) is 2.80. The van der Waals surface area contributed by atoms with Gasteiger partial charge in [-0.25, -0.2) is 10.8 Å². The van der Waals surface area contributed by atoms with Crippen molar-refractivity contribution in [1.29, 1.82) is 0 Å². The summed E-state index contributed by atoms with van der Waals surface area (Å²) in [5.41, 5.74) is 23.6. The maximum absolute atomic E-state index is 12.5. The van der Waals surface area contributed by atoms with Crippen LogP contribution in [-0.4, -0.2) is 48.3 Å². The Kier molecular flexibility index (Phi) is 7.41. The highest BCUT2D eigenvalue weighted by Gasteiger charge is 2.18. The van der Waals surface area contributed by atoms with Crippen molar-refractivity contribution < 1.29 is 9.53 Å². The summed E-state index contributed by atoms with van der Waals surface area (Å²) in [6, 6.07) is 9.13. The topological polar surface area (TPSA) is 171 Å². The van der Waals surface area contributed by atoms with E-state index in [1.54, 1.807) is 17.2 Å². The lowest BCUT2D eigenvalue weighted by Gasteiger charge is -2.26. The molecular formula is C21H28N8O2. The molecule has 1 fully saturated rings. The second-order valence-electron chi connectivity index (χ2n) is 7.10. The van der Waals surface area contributed by atoms with Gasteiger partial charge in [-0.15, -0.1) is 0 Å². The Labute approximate surface area is 180 Å². The number of nitrogens with two attached hydrogens (primary N) is 4. The molecule has 0 saturated carbocycles. The molecule has 10 heteroatoms. The highest BCUT2D eigenvalue weighted by atomic mass is 16.5. The maximum atomic E-state index is 12.5. The zero-order valence-electron chi connectivity index (χ0n) is 17.3. The number of aromatic nitrogens is 1. The fourth-order valence-electron chi connectivity index (χ4n) is 3.22. The number of carbonyl (C=O) groups excluding carboxylic acids is 1. The van der Waals surface area contributed by atoms with Gasteiger partial charge in [0.2, 0.25) is 0 Å². The third-order valence-corrected chi connectivity index (χ3v) is 4.94. The molecule has 10 nitrogen and oxygen atoms in total. The molecular weight excluding hydrogens is 396 g/mol. The number of ether oxygens (including phenoxy) is 1. The molecule has 1 amide bonds. The number of pyridine rings is 1. The number of hydrogen-bond donors (Lipinski definition) is 5. The molecule has 2 aromatic rings. The van der Waals surface area contributed by atoms with Crippen LogP contribution in [0.15, 0.2) is 47.1 Å². The van der Waals surface area contributed by atoms with Crippen LogP contribution in [0.3, 0.4) is 0 Å². The number of morpholine rings is 1. The first-order chi connectivity index (χ1) is 15.0. The van der Waals surface area contributed by atoms with Crippen LogP contribution in [0.4, 0.5) is 17.3 Å². The molecule has 0 bridgehead atoms. The van der Waals surface area contributed by atoms with Crippen LogP contribution in [0.25, 0.3) is 0 Å². The van der Waals surface area contributed by atoms with Gasteiger partial charge in [0.25, 0.3) is 5.91 Å². The number of hydrogen-bond acceptors (Lipinski definition) is 9. The van der Waals surface area contributed by atoms with E-state index in [4.69, 9.17) is 27.8 Å². The predicted molar refractivity (Wildman–Crippen MR) is 122 cm³/mol. The summed E-state index contributed by atoms with van der Waals surface area (Å²) in [5.74, 6) is 6.06. The van der Waals surface area contributed by atoms with Crippen LogP contribution >= 0.6 is 0 Å². The monoisotopic (exact) mass is 424 g/mol. The molecule has 0 aliphatic carbocycles. The Morgan fingerprint density at radius 1 is 1.23 bits per heavy atom. The minimum atomic E-state index is 0.0206. The van der Waals surface area contributed by atoms with Gasteiger partial charge in [-0.3, -0.25) is 9.79 Å². The van der Waals surface area contributed by atoms with Gasteiger partial charge in [-0.2, -0.15) is 0 Å². The molecule has 0 spiro atoms. The molecule has 9 N–H and O–H groups in total. The first-order valence-electron chi connectivity index (χ1n) is 9.90. The van der Waals surface area contributed by atoms with E-state index in [1.165, 1.54) is 6.20 Å². The average molecular weight is 425 g/mol. The van der Waals surface area contributed by atoms with Crippen molar-refractivity contribution in [3.05, 3.63) is 58.8 Å². The predicted octanol–water partition coefficient (Wildman–Crippen LogP) is 0.660. The highest BCUT2D eigenvalue weighted by Crippen LogP contribution is 2.24. The third kappa shape index (κ3) is 5.71. The van der Waals surface area contributed by atoms with Crippen molar-refractivity contribution in [2.75, 3.05) is 43.2 Å². The molecule has 1 aliphatic heterocycles. The lowest BCUT2D eigenvalue weighted by Crippen LogP contribution is -2.40. The zero-order chi connectivity index (χ0) is 22.2. The van der Waals surface area contributed by atoms with Crippen molar-refractivity contribution >= 4 is 29.4 Å². The van der Waals surface area contributed by atoms with E-state index >= 15 is 0 Å². The van der Waals surface area contributed by atoms with Crippen LogP contribution in [0, 0.1) is 0 Å². The third-order valence-electron chi connectivity index (χ3n) is 4.94. The number of nitrogen functional groups attached to an aromatic ring is 3. The van der Waals surface area contributed by atoms with E-state index in [0.29, 0.717) is 62.2 Å². The second kappa shape index (κ2) is 10.4. The molecule has 0 radical (unpaired) electrons. The largest absolute Gasteiger partial charge is 0.404 e. The molecule has 0 atom stereocenters. The van der Waals surface area contributed by atoms with E-state index in [0.717, 1.165) is 16.7 Å². The first-order valence-corrected chi connectivity index (χ1v) is 9.90. The van der Waals surface area contributed by atoms with Gasteiger partial charge >= 0.3 is 0 Å². The molecule has 0 unspecified atom stereocenters. The van der Waals surface area contributed by atoms with Gasteiger partial charge < -0.3 is 32.3 Å². The summed E-state index contributed by atoms with van der Waals surface area (Å²) in [6.45, 7) is 2.85. The molecule has 1 aliphatic rings. The quantitative estimate of drug-likeness (QED) is 0.245. The molecule has 164 valence electrons. The number of amides is 1. The lowest BCUT2D eigenvalue weighted by molar-refractivity contribution is 0.0303. The van der Waals surface area contributed by atoms with Gasteiger partial charge in [0.1, 0.15) is 5.82 Å². The minimum absolute atomic E-state index is 0.0206. The van der Waals surface area contributed by atoms with Gasteiger partial charge in [0.05, 0.1) is 25.4 Å². The number of anilines is 3. The standard InChI is InChI=1S/C21H28N8O2/c22-11-15(9-17-10-18(23)27-20(28-25)19(17)24)13-26-12-14-1-3-16(4-2-14)21(30)29-5-7-31-8-6-29/h1-4,10-11,13H,5-9,12,22,24-25H2,(H3,23,27,28). The van der Waals surface area contributed by atoms with Crippen LogP contribution in [-0.2, 0) is 17.7 Å². The Balaban J connectivity index is 1.60. The second-order valence-corrected chi connectivity index (χ2v) is 7.10. The summed E-state index contributed by atoms with van der Waals surface area (Å²) in [6.07, 6.45) is 3.60. The van der Waals surface area contributed by atoms with Gasteiger partial charge in [0.15, 0.2) is 5.82 Å². The molecule has 31 heavy (non-hydrogen) atoms. The molecule has 1 saturated heterocycles. The van der Waals surface area contributed by atoms with Gasteiger partial charge in [-0.05, 0) is 41.1 Å². The highest BCUT2D eigenvalue weighted by molar-refractivity contribution is 5.94. The van der Waals surface area contributed by atoms with Crippen LogP contribution < -0.4 is 28.5 Å². The van der Waals surface area contributed by atoms with Gasteiger partial charge in [0, 0.05) is 31.3 Å². The van der Waals surface area contributed by atoms with E-state index < -0.39 is 0 Å². The first kappa shape index (κ1) is 22.1. The molecule has 2 heterocycles. The number of hydrazine groups is 1. The molecule has 1 aromatic heterocycles. The number of aliphatic imine (C=N–C) groups is 1. The Morgan fingerprint density at radius 2 is 1.94 bits per heavy atom. The Morgan fingerprint density at radius 3 is 2.58 bits per heavy atom. The number of nitrogens with zero attached hydrogens (tertiary/aromatic N) is 3. The van der Waals surface area contributed by atoms with Crippen LogP contribution in [0.1, 0.15) is 21.5 Å². The van der Waals surface area contributed by atoms with Crippen molar-refractivity contribution in [3.63, 3.8) is 0 Å². The van der Waals surface area contributed by atoms with Crippen molar-refractivity contribution in [1.82, 2.24) is 9.88 Å². The lowest BCUT2D eigenvalue weighted by atomic mass is 10.1. The SMILES string of the molecule is NC=C(C=NCc1ccc(C(=O)N2CCOCC2)cc1)Cc1cc(N)nc(NN)c1N. The van der Waals surface area contributed by atoms with Crippen LogP contribution in [0.5, 0.6) is 0 Å². The smallest absolute Gasteiger partial charge is 0.254 e. The minimum Gasteiger partial charge on any atom is -0.404 e. The number of allylic oxidation sites excluding steroid dienone is 1. The summed E-state index contributed by atoms with van der Waals surface area (Å²) in [7, 11) is 0. The normalized spacial score (nSPS) is 14.7. The number of rotatable bonds is 7. The maximum Gasteiger partial charge on any atom is 0.254 e. The molecule has 3 rings (SSSR count). The van der Waals surface area contributed by atoms with Crippen molar-refractivity contribution in [2.45, 2.75) is 13.0 Å².